The molecule has 2 saturated heterocycles. The lowest BCUT2D eigenvalue weighted by Gasteiger charge is -2.27. The Morgan fingerprint density at radius 3 is 2.83 bits per heavy atom. The fourth-order valence-electron chi connectivity index (χ4n) is 2.80. The van der Waals surface area contributed by atoms with Crippen LogP contribution < -0.4 is 5.32 Å². The highest BCUT2D eigenvalue weighted by molar-refractivity contribution is 5.15. The Balaban J connectivity index is 1.52. The van der Waals surface area contributed by atoms with Gasteiger partial charge in [-0.05, 0) is 24.9 Å². The van der Waals surface area contributed by atoms with Crippen LogP contribution in [-0.2, 0) is 15.9 Å². The normalized spacial score (nSPS) is 32.6. The van der Waals surface area contributed by atoms with Gasteiger partial charge in [0.1, 0.15) is 0 Å². The average molecular weight is 247 g/mol. The van der Waals surface area contributed by atoms with Crippen LogP contribution in [0.5, 0.6) is 0 Å². The molecular weight excluding hydrogens is 226 g/mol. The van der Waals surface area contributed by atoms with Crippen molar-refractivity contribution in [1.82, 2.24) is 5.32 Å². The van der Waals surface area contributed by atoms with Gasteiger partial charge in [0.15, 0.2) is 6.29 Å². The van der Waals surface area contributed by atoms with E-state index in [4.69, 9.17) is 9.47 Å². The molecule has 3 atom stereocenters. The van der Waals surface area contributed by atoms with Crippen LogP contribution in [0, 0.1) is 0 Å². The highest BCUT2D eigenvalue weighted by Gasteiger charge is 2.32. The molecule has 0 radical (unpaired) electrons. The number of ether oxygens (including phenoxy) is 2. The summed E-state index contributed by atoms with van der Waals surface area (Å²) in [6.45, 7) is 1.85. The summed E-state index contributed by atoms with van der Waals surface area (Å²) < 4.78 is 11.8. The van der Waals surface area contributed by atoms with Gasteiger partial charge in [0.2, 0.25) is 0 Å². The zero-order valence-electron chi connectivity index (χ0n) is 10.7. The van der Waals surface area contributed by atoms with Gasteiger partial charge in [0, 0.05) is 12.5 Å². The molecule has 2 aliphatic rings. The van der Waals surface area contributed by atoms with Gasteiger partial charge >= 0.3 is 0 Å². The second-order valence-corrected chi connectivity index (χ2v) is 5.18. The van der Waals surface area contributed by atoms with Crippen LogP contribution in [0.2, 0.25) is 0 Å². The third-order valence-electron chi connectivity index (χ3n) is 3.82. The smallest absolute Gasteiger partial charge is 0.162 e. The lowest BCUT2D eigenvalue weighted by molar-refractivity contribution is -0.0625. The zero-order chi connectivity index (χ0) is 12.2. The maximum absolute atomic E-state index is 6.02. The van der Waals surface area contributed by atoms with E-state index in [-0.39, 0.29) is 12.4 Å². The molecule has 3 heteroatoms. The van der Waals surface area contributed by atoms with Gasteiger partial charge in [-0.3, -0.25) is 0 Å². The van der Waals surface area contributed by atoms with Crippen molar-refractivity contribution in [3.63, 3.8) is 0 Å². The molecule has 0 aromatic heterocycles. The van der Waals surface area contributed by atoms with Crippen molar-refractivity contribution in [3.05, 3.63) is 35.9 Å². The molecule has 98 valence electrons. The molecule has 0 amide bonds. The van der Waals surface area contributed by atoms with E-state index < -0.39 is 0 Å². The SMILES string of the molecule is c1ccc(C[C@H]2OC[C@H]([C@@H]3CCCCN3)O2)cc1. The van der Waals surface area contributed by atoms with Crippen LogP contribution in [0.15, 0.2) is 30.3 Å². The first-order valence-corrected chi connectivity index (χ1v) is 6.96. The Morgan fingerprint density at radius 2 is 2.06 bits per heavy atom. The van der Waals surface area contributed by atoms with Crippen LogP contribution >= 0.6 is 0 Å². The highest BCUT2D eigenvalue weighted by Crippen LogP contribution is 2.22. The van der Waals surface area contributed by atoms with E-state index in [1.807, 2.05) is 6.07 Å². The van der Waals surface area contributed by atoms with Crippen molar-refractivity contribution in [2.24, 2.45) is 0 Å². The maximum Gasteiger partial charge on any atom is 0.162 e. The molecule has 1 N–H and O–H groups in total. The number of hydrogen-bond donors (Lipinski definition) is 1. The lowest BCUT2D eigenvalue weighted by atomic mass is 10.0. The Labute approximate surface area is 108 Å². The molecule has 0 aliphatic carbocycles. The van der Waals surface area contributed by atoms with E-state index in [1.54, 1.807) is 0 Å². The van der Waals surface area contributed by atoms with Crippen molar-refractivity contribution in [3.8, 4) is 0 Å². The Bertz CT molecular complexity index is 362. The van der Waals surface area contributed by atoms with E-state index in [1.165, 1.54) is 24.8 Å². The lowest BCUT2D eigenvalue weighted by Crippen LogP contribution is -2.44. The van der Waals surface area contributed by atoms with E-state index >= 15 is 0 Å². The third kappa shape index (κ3) is 2.91. The Kier molecular flexibility index (Phi) is 3.93. The van der Waals surface area contributed by atoms with Gasteiger partial charge in [-0.15, -0.1) is 0 Å². The fourth-order valence-corrected chi connectivity index (χ4v) is 2.80. The molecule has 3 nitrogen and oxygen atoms in total. The van der Waals surface area contributed by atoms with Gasteiger partial charge in [-0.1, -0.05) is 36.8 Å². The van der Waals surface area contributed by atoms with Crippen molar-refractivity contribution in [2.45, 2.75) is 44.1 Å². The Morgan fingerprint density at radius 1 is 1.17 bits per heavy atom. The number of piperidine rings is 1. The third-order valence-corrected chi connectivity index (χ3v) is 3.82. The van der Waals surface area contributed by atoms with Gasteiger partial charge in [0.05, 0.1) is 12.7 Å². The standard InChI is InChI=1S/C15H21NO2/c1-2-6-12(7-3-1)10-15-17-11-14(18-15)13-8-4-5-9-16-13/h1-3,6-7,13-16H,4-5,8-11H2/t13-,14+,15-/m0/s1. The van der Waals surface area contributed by atoms with Crippen molar-refractivity contribution in [2.75, 3.05) is 13.2 Å². The predicted octanol–water partition coefficient (Wildman–Crippen LogP) is 2.11. The van der Waals surface area contributed by atoms with Crippen LogP contribution in [-0.4, -0.2) is 31.6 Å². The minimum absolute atomic E-state index is 0.0684. The van der Waals surface area contributed by atoms with Gasteiger partial charge in [-0.25, -0.2) is 0 Å². The molecule has 3 rings (SSSR count). The topological polar surface area (TPSA) is 30.5 Å². The molecule has 0 bridgehead atoms. The van der Waals surface area contributed by atoms with E-state index in [9.17, 15) is 0 Å². The first-order valence-electron chi connectivity index (χ1n) is 6.96. The molecule has 1 aromatic carbocycles. The van der Waals surface area contributed by atoms with Crippen molar-refractivity contribution in [1.29, 1.82) is 0 Å². The summed E-state index contributed by atoms with van der Waals surface area (Å²) >= 11 is 0. The minimum atomic E-state index is -0.0684. The van der Waals surface area contributed by atoms with Gasteiger partial charge in [-0.2, -0.15) is 0 Å². The summed E-state index contributed by atoms with van der Waals surface area (Å²) in [5, 5.41) is 3.54. The van der Waals surface area contributed by atoms with Crippen molar-refractivity contribution < 1.29 is 9.47 Å². The first kappa shape index (κ1) is 12.2. The summed E-state index contributed by atoms with van der Waals surface area (Å²) in [5.74, 6) is 0. The summed E-state index contributed by atoms with van der Waals surface area (Å²) in [6.07, 6.45) is 4.83. The molecule has 0 unspecified atom stereocenters. The van der Waals surface area contributed by atoms with Crippen LogP contribution in [0.1, 0.15) is 24.8 Å². The summed E-state index contributed by atoms with van der Waals surface area (Å²) in [7, 11) is 0. The first-order chi connectivity index (χ1) is 8.92. The number of nitrogens with one attached hydrogen (secondary N) is 1. The summed E-state index contributed by atoms with van der Waals surface area (Å²) in [6, 6.07) is 10.9. The summed E-state index contributed by atoms with van der Waals surface area (Å²) in [5.41, 5.74) is 1.28. The number of hydrogen-bond acceptors (Lipinski definition) is 3. The van der Waals surface area contributed by atoms with Crippen LogP contribution in [0.25, 0.3) is 0 Å². The highest BCUT2D eigenvalue weighted by atomic mass is 16.7. The largest absolute Gasteiger partial charge is 0.350 e. The number of rotatable bonds is 3. The predicted molar refractivity (Wildman–Crippen MR) is 70.4 cm³/mol. The van der Waals surface area contributed by atoms with E-state index in [0.717, 1.165) is 19.6 Å². The monoisotopic (exact) mass is 247 g/mol. The van der Waals surface area contributed by atoms with Crippen LogP contribution in [0.4, 0.5) is 0 Å². The second-order valence-electron chi connectivity index (χ2n) is 5.18. The van der Waals surface area contributed by atoms with Crippen molar-refractivity contribution >= 4 is 0 Å². The minimum Gasteiger partial charge on any atom is -0.350 e. The fraction of sp³-hybridized carbons (Fsp3) is 0.600. The van der Waals surface area contributed by atoms with E-state index in [2.05, 4.69) is 29.6 Å². The Hall–Kier alpha value is -0.900. The molecule has 2 fully saturated rings. The van der Waals surface area contributed by atoms with Crippen LogP contribution in [0.3, 0.4) is 0 Å². The molecule has 18 heavy (non-hydrogen) atoms. The molecule has 0 saturated carbocycles. The zero-order valence-corrected chi connectivity index (χ0v) is 10.7. The number of benzene rings is 1. The molecule has 2 heterocycles. The van der Waals surface area contributed by atoms with E-state index in [0.29, 0.717) is 6.04 Å². The molecule has 0 spiro atoms. The second kappa shape index (κ2) is 5.83. The summed E-state index contributed by atoms with van der Waals surface area (Å²) in [4.78, 5) is 0. The quantitative estimate of drug-likeness (QED) is 0.887. The maximum atomic E-state index is 6.02. The average Bonchev–Trinajstić information content (AvgIpc) is 2.89. The molecular formula is C15H21NO2. The van der Waals surface area contributed by atoms with Gasteiger partial charge in [0.25, 0.3) is 0 Å². The van der Waals surface area contributed by atoms with Gasteiger partial charge < -0.3 is 14.8 Å². The molecule has 2 aliphatic heterocycles. The molecule has 1 aromatic rings.